The lowest BCUT2D eigenvalue weighted by Crippen LogP contribution is -2.61. The average molecular weight is 449 g/mol. The summed E-state index contributed by atoms with van der Waals surface area (Å²) < 4.78 is 13.3. The average Bonchev–Trinajstić information content (AvgIpc) is 3.16. The number of hydrogen-bond donors (Lipinski definition) is 3. The van der Waals surface area contributed by atoms with Crippen LogP contribution in [-0.4, -0.2) is 52.1 Å². The highest BCUT2D eigenvalue weighted by molar-refractivity contribution is 5.17. The normalized spacial score (nSPS) is 64.0. The highest BCUT2D eigenvalue weighted by Crippen LogP contribution is 2.71. The van der Waals surface area contributed by atoms with Gasteiger partial charge in [-0.1, -0.05) is 27.7 Å². The molecular formula is C27H44O5. The number of fused-ring (bicyclic) bond motifs is 7. The molecule has 32 heavy (non-hydrogen) atoms. The van der Waals surface area contributed by atoms with Gasteiger partial charge in [0.15, 0.2) is 5.79 Å². The molecule has 5 heteroatoms. The molecule has 6 aliphatic rings. The second-order valence-electron chi connectivity index (χ2n) is 13.4. The lowest BCUT2D eigenvalue weighted by molar-refractivity contribution is -0.274. The molecule has 14 unspecified atom stereocenters. The van der Waals surface area contributed by atoms with E-state index in [4.69, 9.17) is 9.47 Å². The van der Waals surface area contributed by atoms with E-state index in [1.807, 2.05) is 0 Å². The first kappa shape index (κ1) is 22.3. The van der Waals surface area contributed by atoms with E-state index < -0.39 is 18.0 Å². The zero-order valence-corrected chi connectivity index (χ0v) is 20.4. The molecule has 5 nitrogen and oxygen atoms in total. The van der Waals surface area contributed by atoms with Crippen LogP contribution in [0.2, 0.25) is 0 Å². The van der Waals surface area contributed by atoms with Crippen molar-refractivity contribution >= 4 is 0 Å². The number of aliphatic hydroxyl groups is 3. The largest absolute Gasteiger partial charge is 0.393 e. The lowest BCUT2D eigenvalue weighted by atomic mass is 9.43. The molecule has 0 radical (unpaired) electrons. The van der Waals surface area contributed by atoms with Gasteiger partial charge in [-0.15, -0.1) is 0 Å². The van der Waals surface area contributed by atoms with Crippen molar-refractivity contribution in [2.75, 3.05) is 6.61 Å². The quantitative estimate of drug-likeness (QED) is 0.526. The van der Waals surface area contributed by atoms with Gasteiger partial charge in [-0.2, -0.15) is 0 Å². The third kappa shape index (κ3) is 2.81. The Morgan fingerprint density at radius 3 is 2.28 bits per heavy atom. The highest BCUT2D eigenvalue weighted by atomic mass is 16.7. The van der Waals surface area contributed by atoms with Crippen molar-refractivity contribution in [1.29, 1.82) is 0 Å². The van der Waals surface area contributed by atoms with Crippen LogP contribution in [0.5, 0.6) is 0 Å². The van der Waals surface area contributed by atoms with Crippen LogP contribution in [0.15, 0.2) is 0 Å². The number of hydrogen-bond acceptors (Lipinski definition) is 5. The van der Waals surface area contributed by atoms with Crippen molar-refractivity contribution in [2.24, 2.45) is 52.3 Å². The molecule has 182 valence electrons. The summed E-state index contributed by atoms with van der Waals surface area (Å²) in [4.78, 5) is 0. The molecule has 0 aromatic carbocycles. The molecule has 2 saturated heterocycles. The van der Waals surface area contributed by atoms with Crippen LogP contribution >= 0.6 is 0 Å². The molecule has 4 saturated carbocycles. The SMILES string of the molecule is CC1CCC2(OC1)OC1CC3C4CCC5CC(O)C(O)CC5(C)C4C(O)CC3(C)C1C2C. The van der Waals surface area contributed by atoms with E-state index >= 15 is 0 Å². The summed E-state index contributed by atoms with van der Waals surface area (Å²) >= 11 is 0. The molecule has 0 amide bonds. The maximum Gasteiger partial charge on any atom is 0.171 e. The number of aliphatic hydroxyl groups excluding tert-OH is 3. The van der Waals surface area contributed by atoms with Gasteiger partial charge < -0.3 is 24.8 Å². The first-order valence-electron chi connectivity index (χ1n) is 13.4. The standard InChI is InChI=1S/C27H44O5/c1-14-7-8-27(31-13-14)15(2)23-22(32-27)10-18-17-6-5-16-9-19(28)20(29)11-25(16,3)24(17)21(30)12-26(18,23)4/h14-24,28-30H,5-13H2,1-4H3. The first-order chi connectivity index (χ1) is 15.1. The molecule has 0 aromatic rings. The minimum absolute atomic E-state index is 0.0799. The van der Waals surface area contributed by atoms with Crippen molar-refractivity contribution in [3.8, 4) is 0 Å². The van der Waals surface area contributed by atoms with Crippen molar-refractivity contribution in [2.45, 2.75) is 109 Å². The molecule has 1 spiro atoms. The zero-order valence-electron chi connectivity index (χ0n) is 20.4. The third-order valence-corrected chi connectivity index (χ3v) is 11.9. The Hall–Kier alpha value is -0.200. The Balaban J connectivity index is 1.29. The predicted octanol–water partition coefficient (Wildman–Crippen LogP) is 3.74. The minimum atomic E-state index is -0.660. The summed E-state index contributed by atoms with van der Waals surface area (Å²) in [6, 6.07) is 0. The van der Waals surface area contributed by atoms with Crippen molar-refractivity contribution in [3.63, 3.8) is 0 Å². The zero-order chi connectivity index (χ0) is 22.6. The molecule has 6 rings (SSSR count). The van der Waals surface area contributed by atoms with Gasteiger partial charge in [0.05, 0.1) is 31.0 Å². The Morgan fingerprint density at radius 2 is 1.56 bits per heavy atom. The predicted molar refractivity (Wildman–Crippen MR) is 121 cm³/mol. The molecule has 6 fully saturated rings. The van der Waals surface area contributed by atoms with Crippen LogP contribution < -0.4 is 0 Å². The fourth-order valence-corrected chi connectivity index (χ4v) is 10.4. The fraction of sp³-hybridized carbons (Fsp3) is 1.00. The summed E-state index contributed by atoms with van der Waals surface area (Å²) in [6.45, 7) is 10.2. The van der Waals surface area contributed by atoms with Crippen molar-refractivity contribution in [1.82, 2.24) is 0 Å². The van der Waals surface area contributed by atoms with Gasteiger partial charge in [-0.25, -0.2) is 0 Å². The van der Waals surface area contributed by atoms with Crippen LogP contribution in [0.25, 0.3) is 0 Å². The summed E-state index contributed by atoms with van der Waals surface area (Å²) in [6.07, 6.45) is 6.27. The summed E-state index contributed by atoms with van der Waals surface area (Å²) in [5, 5.41) is 32.6. The van der Waals surface area contributed by atoms with Crippen molar-refractivity contribution in [3.05, 3.63) is 0 Å². The monoisotopic (exact) mass is 448 g/mol. The number of rotatable bonds is 0. The topological polar surface area (TPSA) is 79.2 Å². The Bertz CT molecular complexity index is 748. The van der Waals surface area contributed by atoms with Gasteiger partial charge in [0.2, 0.25) is 0 Å². The third-order valence-electron chi connectivity index (χ3n) is 11.9. The maximum absolute atomic E-state index is 11.7. The van der Waals surface area contributed by atoms with Gasteiger partial charge >= 0.3 is 0 Å². The molecule has 0 aromatic heterocycles. The molecular weight excluding hydrogens is 404 g/mol. The molecule has 3 N–H and O–H groups in total. The van der Waals surface area contributed by atoms with E-state index in [2.05, 4.69) is 27.7 Å². The maximum atomic E-state index is 11.7. The summed E-state index contributed by atoms with van der Waals surface area (Å²) in [5.74, 6) is 2.67. The minimum Gasteiger partial charge on any atom is -0.393 e. The van der Waals surface area contributed by atoms with E-state index in [0.717, 1.165) is 38.7 Å². The van der Waals surface area contributed by atoms with E-state index in [1.165, 1.54) is 6.42 Å². The Morgan fingerprint density at radius 1 is 0.812 bits per heavy atom. The number of ether oxygens (including phenoxy) is 2. The fourth-order valence-electron chi connectivity index (χ4n) is 10.4. The van der Waals surface area contributed by atoms with Crippen LogP contribution in [0.3, 0.4) is 0 Å². The van der Waals surface area contributed by atoms with Crippen molar-refractivity contribution < 1.29 is 24.8 Å². The lowest BCUT2D eigenvalue weighted by Gasteiger charge is -2.63. The first-order valence-corrected chi connectivity index (χ1v) is 13.4. The van der Waals surface area contributed by atoms with Gasteiger partial charge in [0, 0.05) is 12.3 Å². The van der Waals surface area contributed by atoms with E-state index in [9.17, 15) is 15.3 Å². The molecule has 14 atom stereocenters. The van der Waals surface area contributed by atoms with Crippen LogP contribution in [-0.2, 0) is 9.47 Å². The Kier molecular flexibility index (Phi) is 4.99. The van der Waals surface area contributed by atoms with Gasteiger partial charge in [0.1, 0.15) is 0 Å². The van der Waals surface area contributed by atoms with Crippen LogP contribution in [0.4, 0.5) is 0 Å². The second-order valence-corrected chi connectivity index (χ2v) is 13.4. The molecule has 0 bridgehead atoms. The van der Waals surface area contributed by atoms with Crippen LogP contribution in [0.1, 0.15) is 79.1 Å². The van der Waals surface area contributed by atoms with E-state index in [0.29, 0.717) is 48.3 Å². The highest BCUT2D eigenvalue weighted by Gasteiger charge is 2.70. The summed E-state index contributed by atoms with van der Waals surface area (Å²) in [7, 11) is 0. The van der Waals surface area contributed by atoms with E-state index in [-0.39, 0.29) is 29.0 Å². The van der Waals surface area contributed by atoms with E-state index in [1.54, 1.807) is 0 Å². The van der Waals surface area contributed by atoms with Gasteiger partial charge in [0.25, 0.3) is 0 Å². The molecule has 2 aliphatic heterocycles. The summed E-state index contributed by atoms with van der Waals surface area (Å²) in [5.41, 5.74) is -0.00703. The Labute approximate surface area is 193 Å². The smallest absolute Gasteiger partial charge is 0.171 e. The van der Waals surface area contributed by atoms with Crippen LogP contribution in [0, 0.1) is 52.3 Å². The molecule has 2 heterocycles. The second kappa shape index (κ2) is 7.16. The molecule has 4 aliphatic carbocycles. The van der Waals surface area contributed by atoms with Gasteiger partial charge in [-0.3, -0.25) is 0 Å². The van der Waals surface area contributed by atoms with Gasteiger partial charge in [-0.05, 0) is 91.3 Å².